The van der Waals surface area contributed by atoms with Crippen LogP contribution < -0.4 is 0 Å². The van der Waals surface area contributed by atoms with E-state index in [9.17, 15) is 4.79 Å². The average molecular weight is 154 g/mol. The van der Waals surface area contributed by atoms with Crippen LogP contribution in [0.5, 0.6) is 0 Å². The number of nitrogens with zero attached hydrogens (tertiary/aromatic N) is 4. The van der Waals surface area contributed by atoms with E-state index in [1.807, 2.05) is 13.8 Å². The summed E-state index contributed by atoms with van der Waals surface area (Å²) < 4.78 is 1.42. The second-order valence-electron chi connectivity index (χ2n) is 2.63. The zero-order valence-electron chi connectivity index (χ0n) is 6.56. The van der Waals surface area contributed by atoms with Crippen LogP contribution in [0.15, 0.2) is 6.33 Å². The van der Waals surface area contributed by atoms with Gasteiger partial charge in [0, 0.05) is 5.92 Å². The van der Waals surface area contributed by atoms with Gasteiger partial charge in [-0.2, -0.15) is 0 Å². The molecule has 1 heterocycles. The third kappa shape index (κ3) is 2.10. The molecule has 0 unspecified atom stereocenters. The summed E-state index contributed by atoms with van der Waals surface area (Å²) in [5.41, 5.74) is 0. The summed E-state index contributed by atoms with van der Waals surface area (Å²) in [6.07, 6.45) is 1.43. The van der Waals surface area contributed by atoms with Crippen molar-refractivity contribution in [2.24, 2.45) is 5.92 Å². The number of hydrogen-bond acceptors (Lipinski definition) is 4. The van der Waals surface area contributed by atoms with Crippen LogP contribution in [0.4, 0.5) is 0 Å². The second kappa shape index (κ2) is 3.23. The van der Waals surface area contributed by atoms with Gasteiger partial charge in [0.05, 0.1) is 0 Å². The second-order valence-corrected chi connectivity index (χ2v) is 2.63. The Morgan fingerprint density at radius 1 is 1.64 bits per heavy atom. The van der Waals surface area contributed by atoms with Crippen LogP contribution in [0.2, 0.25) is 0 Å². The molecular formula is C6H10N4O. The van der Waals surface area contributed by atoms with Gasteiger partial charge in [-0.1, -0.05) is 13.8 Å². The number of hydrogen-bond donors (Lipinski definition) is 0. The Hall–Kier alpha value is -1.26. The van der Waals surface area contributed by atoms with Crippen LogP contribution in [0.1, 0.15) is 13.8 Å². The fraction of sp³-hybridized carbons (Fsp3) is 0.667. The maximum Gasteiger partial charge on any atom is 0.156 e. The van der Waals surface area contributed by atoms with E-state index in [-0.39, 0.29) is 18.2 Å². The van der Waals surface area contributed by atoms with Gasteiger partial charge in [0.25, 0.3) is 0 Å². The van der Waals surface area contributed by atoms with Crippen molar-refractivity contribution in [1.82, 2.24) is 20.2 Å². The van der Waals surface area contributed by atoms with Crippen molar-refractivity contribution in [2.75, 3.05) is 0 Å². The van der Waals surface area contributed by atoms with Gasteiger partial charge < -0.3 is 0 Å². The molecule has 1 aromatic rings. The summed E-state index contributed by atoms with van der Waals surface area (Å²) >= 11 is 0. The lowest BCUT2D eigenvalue weighted by atomic mass is 10.1. The van der Waals surface area contributed by atoms with E-state index < -0.39 is 0 Å². The molecule has 1 rings (SSSR count). The lowest BCUT2D eigenvalue weighted by molar-refractivity contribution is -0.122. The van der Waals surface area contributed by atoms with E-state index in [2.05, 4.69) is 15.5 Å². The van der Waals surface area contributed by atoms with E-state index in [1.165, 1.54) is 11.0 Å². The highest BCUT2D eigenvalue weighted by atomic mass is 16.1. The van der Waals surface area contributed by atoms with Crippen molar-refractivity contribution < 1.29 is 4.79 Å². The fourth-order valence-electron chi connectivity index (χ4n) is 0.595. The van der Waals surface area contributed by atoms with Crippen LogP contribution in [0.3, 0.4) is 0 Å². The number of carbonyl (C=O) groups excluding carboxylic acids is 1. The predicted octanol–water partition coefficient (Wildman–Crippen LogP) is -0.102. The average Bonchev–Trinajstić information content (AvgIpc) is 2.39. The quantitative estimate of drug-likeness (QED) is 0.609. The normalized spacial score (nSPS) is 10.5. The molecule has 0 saturated carbocycles. The van der Waals surface area contributed by atoms with Crippen molar-refractivity contribution in [3.63, 3.8) is 0 Å². The van der Waals surface area contributed by atoms with Gasteiger partial charge in [-0.3, -0.25) is 4.79 Å². The molecule has 1 aromatic heterocycles. The molecule has 5 heteroatoms. The Morgan fingerprint density at radius 3 is 2.82 bits per heavy atom. The molecule has 0 radical (unpaired) electrons. The first-order valence-electron chi connectivity index (χ1n) is 3.43. The van der Waals surface area contributed by atoms with Gasteiger partial charge in [-0.15, -0.1) is 5.10 Å². The van der Waals surface area contributed by atoms with Crippen LogP contribution >= 0.6 is 0 Å². The molecule has 0 aromatic carbocycles. The first-order chi connectivity index (χ1) is 5.20. The minimum atomic E-state index is 0.0409. The number of carbonyl (C=O) groups is 1. The van der Waals surface area contributed by atoms with Crippen molar-refractivity contribution >= 4 is 5.78 Å². The number of tetrazole rings is 1. The minimum absolute atomic E-state index is 0.0409. The fourth-order valence-corrected chi connectivity index (χ4v) is 0.595. The van der Waals surface area contributed by atoms with Crippen molar-refractivity contribution in [3.8, 4) is 0 Å². The standard InChI is InChI=1S/C6H10N4O/c1-5(2)6(11)3-10-4-7-8-9-10/h4-5H,3H2,1-2H3. The molecule has 11 heavy (non-hydrogen) atoms. The first kappa shape index (κ1) is 7.84. The monoisotopic (exact) mass is 154 g/mol. The highest BCUT2D eigenvalue weighted by Gasteiger charge is 2.07. The third-order valence-electron chi connectivity index (χ3n) is 1.35. The molecule has 0 fully saturated rings. The predicted molar refractivity (Wildman–Crippen MR) is 37.7 cm³/mol. The van der Waals surface area contributed by atoms with E-state index in [1.54, 1.807) is 0 Å². The van der Waals surface area contributed by atoms with Gasteiger partial charge in [-0.25, -0.2) is 4.68 Å². The number of Topliss-reactive ketones (excluding diaryl/α,β-unsaturated/α-hetero) is 1. The summed E-state index contributed by atoms with van der Waals surface area (Å²) in [7, 11) is 0. The van der Waals surface area contributed by atoms with E-state index in [0.717, 1.165) is 0 Å². The number of rotatable bonds is 3. The molecule has 5 nitrogen and oxygen atoms in total. The number of ketones is 1. The largest absolute Gasteiger partial charge is 0.297 e. The Bertz CT molecular complexity index is 229. The zero-order valence-corrected chi connectivity index (χ0v) is 6.56. The van der Waals surface area contributed by atoms with Gasteiger partial charge in [-0.05, 0) is 10.4 Å². The van der Waals surface area contributed by atoms with Crippen molar-refractivity contribution in [3.05, 3.63) is 6.33 Å². The van der Waals surface area contributed by atoms with Crippen LogP contribution in [-0.2, 0) is 11.3 Å². The summed E-state index contributed by atoms with van der Waals surface area (Å²) in [5.74, 6) is 0.177. The molecule has 0 spiro atoms. The third-order valence-corrected chi connectivity index (χ3v) is 1.35. The van der Waals surface area contributed by atoms with E-state index in [0.29, 0.717) is 0 Å². The molecule has 0 saturated heterocycles. The maximum absolute atomic E-state index is 11.1. The zero-order chi connectivity index (χ0) is 8.27. The molecule has 0 bridgehead atoms. The van der Waals surface area contributed by atoms with E-state index >= 15 is 0 Å². The lowest BCUT2D eigenvalue weighted by Crippen LogP contribution is -2.15. The molecule has 0 aliphatic heterocycles. The molecule has 60 valence electrons. The molecule has 0 amide bonds. The summed E-state index contributed by atoms with van der Waals surface area (Å²) in [5, 5.41) is 10.4. The van der Waals surface area contributed by atoms with E-state index in [4.69, 9.17) is 0 Å². The summed E-state index contributed by atoms with van der Waals surface area (Å²) in [6.45, 7) is 3.98. The van der Waals surface area contributed by atoms with Gasteiger partial charge in [0.1, 0.15) is 12.9 Å². The Morgan fingerprint density at radius 2 is 2.36 bits per heavy atom. The maximum atomic E-state index is 11.1. The Balaban J connectivity index is 2.50. The SMILES string of the molecule is CC(C)C(=O)Cn1cnnn1. The van der Waals surface area contributed by atoms with Crippen LogP contribution in [0, 0.1) is 5.92 Å². The summed E-state index contributed by atoms with van der Waals surface area (Å²) in [4.78, 5) is 11.1. The lowest BCUT2D eigenvalue weighted by Gasteiger charge is -2.01. The Kier molecular flexibility index (Phi) is 2.30. The first-order valence-corrected chi connectivity index (χ1v) is 3.43. The molecule has 0 aliphatic carbocycles. The van der Waals surface area contributed by atoms with Crippen LogP contribution in [0.25, 0.3) is 0 Å². The molecule has 0 aliphatic rings. The van der Waals surface area contributed by atoms with Crippen molar-refractivity contribution in [1.29, 1.82) is 0 Å². The molecular weight excluding hydrogens is 144 g/mol. The molecule has 0 atom stereocenters. The highest BCUT2D eigenvalue weighted by Crippen LogP contribution is 1.95. The van der Waals surface area contributed by atoms with Gasteiger partial charge >= 0.3 is 0 Å². The van der Waals surface area contributed by atoms with Crippen molar-refractivity contribution in [2.45, 2.75) is 20.4 Å². The molecule has 0 N–H and O–H groups in total. The van der Waals surface area contributed by atoms with Gasteiger partial charge in [0.15, 0.2) is 5.78 Å². The topological polar surface area (TPSA) is 60.7 Å². The Labute approximate surface area is 64.4 Å². The van der Waals surface area contributed by atoms with Crippen LogP contribution in [-0.4, -0.2) is 26.0 Å². The summed E-state index contributed by atoms with van der Waals surface area (Å²) in [6, 6.07) is 0. The van der Waals surface area contributed by atoms with Gasteiger partial charge in [0.2, 0.25) is 0 Å². The smallest absolute Gasteiger partial charge is 0.156 e. The number of aromatic nitrogens is 4. The highest BCUT2D eigenvalue weighted by molar-refractivity contribution is 5.79. The minimum Gasteiger partial charge on any atom is -0.297 e.